The van der Waals surface area contributed by atoms with E-state index < -0.39 is 7.92 Å². The minimum Gasteiger partial charge on any atom is -0.477 e. The van der Waals surface area contributed by atoms with E-state index in [1.54, 1.807) is 12.2 Å². The van der Waals surface area contributed by atoms with Gasteiger partial charge in [0, 0.05) is 16.5 Å². The first-order chi connectivity index (χ1) is 18.3. The van der Waals surface area contributed by atoms with Gasteiger partial charge in [-0.3, -0.25) is 4.79 Å². The molecular formula is C33H29NNiO2P-. The molecule has 0 saturated carbocycles. The maximum Gasteiger partial charge on any atom is 0.198 e. The molecule has 38 heavy (non-hydrogen) atoms. The SMILES string of the molecule is O=C1C=CC=C/C1=C1/NCCO1.[Ni].[c-]1ccccc1.c1ccc(P(c2ccccc2)c2ccccc2)cc1. The van der Waals surface area contributed by atoms with Crippen LogP contribution in [0.25, 0.3) is 0 Å². The van der Waals surface area contributed by atoms with Crippen molar-refractivity contribution < 1.29 is 26.0 Å². The average Bonchev–Trinajstić information content (AvgIpc) is 3.52. The van der Waals surface area contributed by atoms with Crippen LogP contribution in [0.2, 0.25) is 0 Å². The van der Waals surface area contributed by atoms with Crippen molar-refractivity contribution in [2.75, 3.05) is 13.2 Å². The predicted octanol–water partition coefficient (Wildman–Crippen LogP) is 5.44. The summed E-state index contributed by atoms with van der Waals surface area (Å²) in [7, 11) is -0.446. The number of rotatable bonds is 3. The summed E-state index contributed by atoms with van der Waals surface area (Å²) in [6, 6.07) is 44.8. The van der Waals surface area contributed by atoms with Crippen LogP contribution in [-0.4, -0.2) is 18.9 Å². The normalized spacial score (nSPS) is 15.1. The molecule has 1 N–H and O–H groups in total. The fourth-order valence-electron chi connectivity index (χ4n) is 3.72. The third kappa shape index (κ3) is 8.70. The summed E-state index contributed by atoms with van der Waals surface area (Å²) in [6.07, 6.45) is 6.84. The van der Waals surface area contributed by atoms with Crippen molar-refractivity contribution in [2.24, 2.45) is 0 Å². The summed E-state index contributed by atoms with van der Waals surface area (Å²) in [6.45, 7) is 1.42. The van der Waals surface area contributed by atoms with E-state index in [4.69, 9.17) is 4.74 Å². The number of allylic oxidation sites excluding steroid dienone is 5. The van der Waals surface area contributed by atoms with Gasteiger partial charge >= 0.3 is 0 Å². The molecule has 0 radical (unpaired) electrons. The number of nitrogens with one attached hydrogen (secondary N) is 1. The van der Waals surface area contributed by atoms with Crippen LogP contribution in [0.1, 0.15) is 0 Å². The van der Waals surface area contributed by atoms with Crippen LogP contribution in [0.3, 0.4) is 0 Å². The molecule has 0 aromatic heterocycles. The average molecular weight is 561 g/mol. The van der Waals surface area contributed by atoms with Gasteiger partial charge in [0.2, 0.25) is 0 Å². The van der Waals surface area contributed by atoms with E-state index in [0.717, 1.165) is 6.54 Å². The molecule has 0 amide bonds. The van der Waals surface area contributed by atoms with Crippen molar-refractivity contribution in [3.63, 3.8) is 0 Å². The second-order valence-corrected chi connectivity index (χ2v) is 10.2. The molecule has 0 bridgehead atoms. The number of ketones is 1. The second kappa shape index (κ2) is 16.2. The topological polar surface area (TPSA) is 38.3 Å². The van der Waals surface area contributed by atoms with Crippen LogP contribution < -0.4 is 21.2 Å². The Labute approximate surface area is 236 Å². The molecule has 1 saturated heterocycles. The van der Waals surface area contributed by atoms with E-state index in [2.05, 4.69) is 102 Å². The van der Waals surface area contributed by atoms with Crippen molar-refractivity contribution in [3.05, 3.63) is 163 Å². The molecular weight excluding hydrogens is 532 g/mol. The summed E-state index contributed by atoms with van der Waals surface area (Å²) in [5.74, 6) is 0.613. The molecule has 1 aliphatic carbocycles. The van der Waals surface area contributed by atoms with Crippen molar-refractivity contribution >= 4 is 29.6 Å². The van der Waals surface area contributed by atoms with Gasteiger partial charge in [-0.25, -0.2) is 0 Å². The Morgan fingerprint density at radius 1 is 0.658 bits per heavy atom. The Morgan fingerprint density at radius 2 is 1.13 bits per heavy atom. The molecule has 1 aliphatic heterocycles. The third-order valence-corrected chi connectivity index (χ3v) is 7.86. The smallest absolute Gasteiger partial charge is 0.198 e. The van der Waals surface area contributed by atoms with Crippen LogP contribution in [0, 0.1) is 6.07 Å². The number of benzene rings is 4. The molecule has 194 valence electrons. The van der Waals surface area contributed by atoms with Gasteiger partial charge in [0.05, 0.1) is 12.1 Å². The largest absolute Gasteiger partial charge is 0.477 e. The molecule has 0 unspecified atom stereocenters. The molecule has 2 aliphatic rings. The van der Waals surface area contributed by atoms with E-state index >= 15 is 0 Å². The van der Waals surface area contributed by atoms with E-state index in [1.807, 2.05) is 36.4 Å². The first-order valence-corrected chi connectivity index (χ1v) is 13.5. The molecule has 1 fully saturated rings. The minimum absolute atomic E-state index is 0. The minimum atomic E-state index is -0.446. The van der Waals surface area contributed by atoms with Crippen LogP contribution in [-0.2, 0) is 26.0 Å². The summed E-state index contributed by atoms with van der Waals surface area (Å²) in [5.41, 5.74) is 0.620. The Hall–Kier alpha value is -3.71. The van der Waals surface area contributed by atoms with Crippen molar-refractivity contribution in [1.29, 1.82) is 0 Å². The first kappa shape index (κ1) is 28.9. The van der Waals surface area contributed by atoms with Gasteiger partial charge in [-0.15, -0.1) is 0 Å². The summed E-state index contributed by atoms with van der Waals surface area (Å²) >= 11 is 0. The second-order valence-electron chi connectivity index (χ2n) is 8.02. The monoisotopic (exact) mass is 560 g/mol. The van der Waals surface area contributed by atoms with Crippen LogP contribution in [0.15, 0.2) is 157 Å². The molecule has 3 nitrogen and oxygen atoms in total. The van der Waals surface area contributed by atoms with E-state index in [-0.39, 0.29) is 22.3 Å². The number of ether oxygens (including phenoxy) is 1. The van der Waals surface area contributed by atoms with Gasteiger partial charge in [0.1, 0.15) is 6.61 Å². The maximum absolute atomic E-state index is 11.3. The van der Waals surface area contributed by atoms with Crippen LogP contribution in [0.4, 0.5) is 0 Å². The quantitative estimate of drug-likeness (QED) is 0.157. The van der Waals surface area contributed by atoms with E-state index in [9.17, 15) is 4.79 Å². The number of carbonyl (C=O) groups excluding carboxylic acids is 1. The van der Waals surface area contributed by atoms with Crippen molar-refractivity contribution in [3.8, 4) is 0 Å². The predicted molar refractivity (Wildman–Crippen MR) is 155 cm³/mol. The standard InChI is InChI=1S/C18H15P.C9H9NO2.C6H5.Ni/c1-4-10-16(11-5-1)19(17-12-6-2-7-13-17)18-14-8-3-9-15-18;11-8-4-2-1-3-7(8)9-10-5-6-12-9;1-2-4-6-5-3-1;/h1-15H;1-4,10H,5-6H2;1-5H;/q;;-1;/b;9-7+;;. The molecule has 4 aromatic rings. The molecule has 1 heterocycles. The van der Waals surface area contributed by atoms with E-state index in [0.29, 0.717) is 18.1 Å². The van der Waals surface area contributed by atoms with Gasteiger partial charge in [-0.05, 0) is 36.0 Å². The van der Waals surface area contributed by atoms with Crippen molar-refractivity contribution in [2.45, 2.75) is 0 Å². The molecule has 5 heteroatoms. The fraction of sp³-hybridized carbons (Fsp3) is 0.0606. The van der Waals surface area contributed by atoms with Crippen LogP contribution in [0.5, 0.6) is 0 Å². The number of hydrogen-bond donors (Lipinski definition) is 1. The van der Waals surface area contributed by atoms with Crippen LogP contribution >= 0.6 is 7.92 Å². The van der Waals surface area contributed by atoms with Gasteiger partial charge in [0.15, 0.2) is 11.7 Å². The zero-order valence-corrected chi connectivity index (χ0v) is 22.7. The van der Waals surface area contributed by atoms with Gasteiger partial charge < -0.3 is 10.1 Å². The zero-order valence-electron chi connectivity index (χ0n) is 20.9. The first-order valence-electron chi connectivity index (χ1n) is 12.2. The van der Waals surface area contributed by atoms with Gasteiger partial charge in [0.25, 0.3) is 0 Å². The zero-order chi connectivity index (χ0) is 25.5. The molecule has 4 aromatic carbocycles. The third-order valence-electron chi connectivity index (χ3n) is 5.42. The maximum atomic E-state index is 11.3. The number of hydrogen-bond acceptors (Lipinski definition) is 3. The fourth-order valence-corrected chi connectivity index (χ4v) is 6.02. The Bertz CT molecular complexity index is 1200. The summed E-state index contributed by atoms with van der Waals surface area (Å²) in [4.78, 5) is 11.3. The van der Waals surface area contributed by atoms with E-state index in [1.165, 1.54) is 22.0 Å². The van der Waals surface area contributed by atoms with Crippen molar-refractivity contribution in [1.82, 2.24) is 5.32 Å². The Kier molecular flexibility index (Phi) is 12.3. The summed E-state index contributed by atoms with van der Waals surface area (Å²) < 4.78 is 5.23. The summed E-state index contributed by atoms with van der Waals surface area (Å²) in [5, 5.41) is 7.20. The van der Waals surface area contributed by atoms with Gasteiger partial charge in [-0.2, -0.15) is 36.4 Å². The number of carbonyl (C=O) groups is 1. The molecule has 6 rings (SSSR count). The molecule has 0 spiro atoms. The Morgan fingerprint density at radius 3 is 1.50 bits per heavy atom. The van der Waals surface area contributed by atoms with Gasteiger partial charge in [-0.1, -0.05) is 103 Å². The Balaban J connectivity index is 0.000000179. The molecule has 0 atom stereocenters.